The molecule has 0 atom stereocenters. The van der Waals surface area contributed by atoms with Gasteiger partial charge in [-0.3, -0.25) is 0 Å². The van der Waals surface area contributed by atoms with Crippen LogP contribution in [0.25, 0.3) is 0 Å². The first-order valence-electron chi connectivity index (χ1n) is 8.63. The largest absolute Gasteiger partial charge is 0.314 e. The summed E-state index contributed by atoms with van der Waals surface area (Å²) in [5.74, 6) is 0. The fourth-order valence-electron chi connectivity index (χ4n) is 4.00. The van der Waals surface area contributed by atoms with Gasteiger partial charge in [-0.2, -0.15) is 0 Å². The number of hydrogen-bond acceptors (Lipinski definition) is 3. The van der Waals surface area contributed by atoms with Crippen molar-refractivity contribution in [2.75, 3.05) is 40.3 Å². The van der Waals surface area contributed by atoms with E-state index < -0.39 is 0 Å². The Labute approximate surface area is 126 Å². The predicted octanol–water partition coefficient (Wildman–Crippen LogP) is 2.57. The summed E-state index contributed by atoms with van der Waals surface area (Å²) in [6.07, 6.45) is 8.43. The van der Waals surface area contributed by atoms with Crippen LogP contribution in [0.5, 0.6) is 0 Å². The first-order valence-corrected chi connectivity index (χ1v) is 8.63. The summed E-state index contributed by atoms with van der Waals surface area (Å²) in [6.45, 7) is 9.68. The van der Waals surface area contributed by atoms with Crippen molar-refractivity contribution in [2.45, 2.75) is 64.5 Å². The zero-order valence-corrected chi connectivity index (χ0v) is 14.1. The zero-order valence-electron chi connectivity index (χ0n) is 14.1. The molecule has 0 radical (unpaired) electrons. The molecule has 3 nitrogen and oxygen atoms in total. The van der Waals surface area contributed by atoms with Crippen molar-refractivity contribution in [3.8, 4) is 0 Å². The van der Waals surface area contributed by atoms with E-state index in [2.05, 4.69) is 43.1 Å². The highest BCUT2D eigenvalue weighted by molar-refractivity contribution is 4.91. The molecular weight excluding hydrogens is 246 g/mol. The van der Waals surface area contributed by atoms with Crippen molar-refractivity contribution in [3.05, 3.63) is 0 Å². The highest BCUT2D eigenvalue weighted by atomic mass is 15.2. The van der Waals surface area contributed by atoms with Gasteiger partial charge in [-0.15, -0.1) is 0 Å². The molecule has 1 aliphatic carbocycles. The molecule has 2 fully saturated rings. The molecule has 0 aromatic rings. The number of piperidine rings is 1. The Kier molecular flexibility index (Phi) is 5.88. The Balaban J connectivity index is 1.83. The smallest absolute Gasteiger partial charge is 0.0113 e. The van der Waals surface area contributed by atoms with Gasteiger partial charge >= 0.3 is 0 Å². The van der Waals surface area contributed by atoms with E-state index in [1.54, 1.807) is 0 Å². The van der Waals surface area contributed by atoms with E-state index >= 15 is 0 Å². The topological polar surface area (TPSA) is 18.5 Å². The van der Waals surface area contributed by atoms with Gasteiger partial charge < -0.3 is 15.1 Å². The average molecular weight is 281 g/mol. The lowest BCUT2D eigenvalue weighted by atomic mass is 9.84. The molecule has 1 saturated carbocycles. The summed E-state index contributed by atoms with van der Waals surface area (Å²) in [6, 6.07) is 1.42. The lowest BCUT2D eigenvalue weighted by Crippen LogP contribution is -2.48. The SMILES string of the molecule is CC(C)NCC1(CN2CCC(N(C)C)CC2)CCCC1. The minimum atomic E-state index is 0.565. The van der Waals surface area contributed by atoms with E-state index in [1.807, 2.05) is 0 Å². The number of hydrogen-bond donors (Lipinski definition) is 1. The first-order chi connectivity index (χ1) is 9.51. The van der Waals surface area contributed by atoms with E-state index in [9.17, 15) is 0 Å². The molecule has 0 amide bonds. The summed E-state index contributed by atoms with van der Waals surface area (Å²) in [5, 5.41) is 3.71. The lowest BCUT2D eigenvalue weighted by molar-refractivity contribution is 0.0936. The number of nitrogens with one attached hydrogen (secondary N) is 1. The van der Waals surface area contributed by atoms with Crippen LogP contribution in [0.15, 0.2) is 0 Å². The van der Waals surface area contributed by atoms with Gasteiger partial charge in [0.25, 0.3) is 0 Å². The van der Waals surface area contributed by atoms with E-state index in [1.165, 1.54) is 64.7 Å². The quantitative estimate of drug-likeness (QED) is 0.807. The van der Waals surface area contributed by atoms with Gasteiger partial charge in [0.2, 0.25) is 0 Å². The van der Waals surface area contributed by atoms with Gasteiger partial charge in [-0.05, 0) is 58.3 Å². The zero-order chi connectivity index (χ0) is 14.6. The van der Waals surface area contributed by atoms with Crippen molar-refractivity contribution in [1.29, 1.82) is 0 Å². The van der Waals surface area contributed by atoms with E-state index in [-0.39, 0.29) is 0 Å². The van der Waals surface area contributed by atoms with Crippen LogP contribution >= 0.6 is 0 Å². The Hall–Kier alpha value is -0.120. The molecule has 1 N–H and O–H groups in total. The van der Waals surface area contributed by atoms with Gasteiger partial charge in [0.1, 0.15) is 0 Å². The van der Waals surface area contributed by atoms with E-state index in [4.69, 9.17) is 0 Å². The summed E-state index contributed by atoms with van der Waals surface area (Å²) in [4.78, 5) is 5.15. The lowest BCUT2D eigenvalue weighted by Gasteiger charge is -2.41. The van der Waals surface area contributed by atoms with Crippen molar-refractivity contribution < 1.29 is 0 Å². The minimum Gasteiger partial charge on any atom is -0.314 e. The Bertz CT molecular complexity index is 274. The monoisotopic (exact) mass is 281 g/mol. The maximum atomic E-state index is 3.71. The Morgan fingerprint density at radius 2 is 1.75 bits per heavy atom. The molecular formula is C17H35N3. The van der Waals surface area contributed by atoms with E-state index in [0.29, 0.717) is 11.5 Å². The van der Waals surface area contributed by atoms with Gasteiger partial charge in [0, 0.05) is 25.2 Å². The standard InChI is InChI=1S/C17H35N3/c1-15(2)18-13-17(9-5-6-10-17)14-20-11-7-16(8-12-20)19(3)4/h15-16,18H,5-14H2,1-4H3. The Morgan fingerprint density at radius 1 is 1.15 bits per heavy atom. The molecule has 2 rings (SSSR count). The molecule has 0 aromatic heterocycles. The first kappa shape index (κ1) is 16.3. The molecule has 20 heavy (non-hydrogen) atoms. The van der Waals surface area contributed by atoms with Crippen molar-refractivity contribution in [1.82, 2.24) is 15.1 Å². The molecule has 118 valence electrons. The second kappa shape index (κ2) is 7.24. The molecule has 0 spiro atoms. The number of rotatable bonds is 6. The molecule has 3 heteroatoms. The Morgan fingerprint density at radius 3 is 2.25 bits per heavy atom. The van der Waals surface area contributed by atoms with Gasteiger partial charge in [0.05, 0.1) is 0 Å². The molecule has 1 heterocycles. The normalized spacial score (nSPS) is 24.9. The van der Waals surface area contributed by atoms with Crippen LogP contribution in [-0.2, 0) is 0 Å². The molecule has 0 bridgehead atoms. The van der Waals surface area contributed by atoms with Gasteiger partial charge in [-0.1, -0.05) is 26.7 Å². The summed E-state index contributed by atoms with van der Waals surface area (Å²) >= 11 is 0. The molecule has 1 saturated heterocycles. The van der Waals surface area contributed by atoms with Crippen LogP contribution in [0.3, 0.4) is 0 Å². The highest BCUT2D eigenvalue weighted by Gasteiger charge is 2.36. The second-order valence-corrected chi connectivity index (χ2v) is 7.71. The number of likely N-dealkylation sites (tertiary alicyclic amines) is 1. The number of nitrogens with zero attached hydrogens (tertiary/aromatic N) is 2. The summed E-state index contributed by atoms with van der Waals surface area (Å²) in [7, 11) is 4.46. The maximum absolute atomic E-state index is 3.71. The third kappa shape index (κ3) is 4.44. The van der Waals surface area contributed by atoms with Crippen LogP contribution < -0.4 is 5.32 Å². The molecule has 0 aromatic carbocycles. The minimum absolute atomic E-state index is 0.565. The second-order valence-electron chi connectivity index (χ2n) is 7.71. The third-order valence-corrected chi connectivity index (χ3v) is 5.40. The van der Waals surface area contributed by atoms with E-state index in [0.717, 1.165) is 6.04 Å². The third-order valence-electron chi connectivity index (χ3n) is 5.40. The molecule has 2 aliphatic rings. The highest BCUT2D eigenvalue weighted by Crippen LogP contribution is 2.39. The van der Waals surface area contributed by atoms with Crippen molar-refractivity contribution in [2.24, 2.45) is 5.41 Å². The fraction of sp³-hybridized carbons (Fsp3) is 1.00. The van der Waals surface area contributed by atoms with Crippen LogP contribution in [0, 0.1) is 5.41 Å². The van der Waals surface area contributed by atoms with Crippen LogP contribution in [0.1, 0.15) is 52.4 Å². The molecule has 0 unspecified atom stereocenters. The molecule has 1 aliphatic heterocycles. The van der Waals surface area contributed by atoms with Crippen LogP contribution in [-0.4, -0.2) is 62.2 Å². The van der Waals surface area contributed by atoms with Crippen LogP contribution in [0.2, 0.25) is 0 Å². The van der Waals surface area contributed by atoms with Crippen LogP contribution in [0.4, 0.5) is 0 Å². The average Bonchev–Trinajstić information content (AvgIpc) is 2.86. The summed E-state index contributed by atoms with van der Waals surface area (Å²) < 4.78 is 0. The van der Waals surface area contributed by atoms with Gasteiger partial charge in [0.15, 0.2) is 0 Å². The van der Waals surface area contributed by atoms with Crippen molar-refractivity contribution in [3.63, 3.8) is 0 Å². The maximum Gasteiger partial charge on any atom is 0.0113 e. The predicted molar refractivity (Wildman–Crippen MR) is 87.2 cm³/mol. The van der Waals surface area contributed by atoms with Crippen molar-refractivity contribution >= 4 is 0 Å². The summed E-state index contributed by atoms with van der Waals surface area (Å²) in [5.41, 5.74) is 0.565. The fourth-order valence-corrected chi connectivity index (χ4v) is 4.00. The van der Waals surface area contributed by atoms with Gasteiger partial charge in [-0.25, -0.2) is 0 Å².